The second-order valence-electron chi connectivity index (χ2n) is 16.2. The first kappa shape index (κ1) is 30.4. The molecule has 4 fully saturated rings. The summed E-state index contributed by atoms with van der Waals surface area (Å²) in [6.07, 6.45) is 19.9. The van der Waals surface area contributed by atoms with Crippen LogP contribution in [0.15, 0.2) is 42.0 Å². The van der Waals surface area contributed by atoms with Crippen molar-refractivity contribution in [2.24, 2.45) is 46.3 Å². The number of carbonyl (C=O) groups is 1. The van der Waals surface area contributed by atoms with Crippen LogP contribution in [0.1, 0.15) is 128 Å². The van der Waals surface area contributed by atoms with Crippen LogP contribution in [0, 0.1) is 46.3 Å². The molecule has 0 spiro atoms. The van der Waals surface area contributed by atoms with Gasteiger partial charge in [-0.3, -0.25) is 4.90 Å². The summed E-state index contributed by atoms with van der Waals surface area (Å²) in [5, 5.41) is 0. The molecule has 0 amide bonds. The van der Waals surface area contributed by atoms with Gasteiger partial charge in [-0.05, 0) is 123 Å². The Kier molecular flexibility index (Phi) is 8.99. The van der Waals surface area contributed by atoms with Gasteiger partial charge >= 0.3 is 5.97 Å². The van der Waals surface area contributed by atoms with Crippen LogP contribution in [0.3, 0.4) is 0 Å². The smallest absolute Gasteiger partial charge is 0.338 e. The number of carbonyl (C=O) groups excluding carboxylic acids is 1. The Morgan fingerprint density at radius 2 is 1.69 bits per heavy atom. The van der Waals surface area contributed by atoms with Crippen LogP contribution in [-0.2, 0) is 4.74 Å². The van der Waals surface area contributed by atoms with Crippen molar-refractivity contribution in [1.29, 1.82) is 0 Å². The van der Waals surface area contributed by atoms with Gasteiger partial charge in [-0.1, -0.05) is 90.2 Å². The van der Waals surface area contributed by atoms with E-state index in [1.807, 2.05) is 30.3 Å². The number of esters is 1. The maximum Gasteiger partial charge on any atom is 0.338 e. The van der Waals surface area contributed by atoms with Crippen molar-refractivity contribution in [3.8, 4) is 0 Å². The average Bonchev–Trinajstić information content (AvgIpc) is 3.35. The minimum absolute atomic E-state index is 0.00648. The summed E-state index contributed by atoms with van der Waals surface area (Å²) in [5.74, 6) is 4.82. The Labute approximate surface area is 257 Å². The molecule has 0 bridgehead atoms. The zero-order valence-electron chi connectivity index (χ0n) is 27.5. The maximum absolute atomic E-state index is 13.0. The molecule has 1 aromatic carbocycles. The summed E-state index contributed by atoms with van der Waals surface area (Å²) in [7, 11) is 0. The lowest BCUT2D eigenvalue weighted by molar-refractivity contribution is -0.0881. The van der Waals surface area contributed by atoms with Crippen LogP contribution in [-0.4, -0.2) is 36.1 Å². The fraction of sp³-hybridized carbons (Fsp3) is 0.769. The monoisotopic (exact) mass is 573 g/mol. The van der Waals surface area contributed by atoms with Crippen LogP contribution >= 0.6 is 0 Å². The highest BCUT2D eigenvalue weighted by Gasteiger charge is 2.62. The van der Waals surface area contributed by atoms with E-state index >= 15 is 0 Å². The standard InChI is InChI=1S/C39H59NO2/c1-27(2)13-12-14-28(3)32-17-18-33-36-34(20-22-39(32,33)5)38(4)21-19-31(42-37(41)29-15-8-6-9-16-29)25-30(38)26-35(36)40-23-10-7-11-24-40/h6,8-9,15-16,26-28,31-36H,7,10-14,17-25H2,1-5H3. The quantitative estimate of drug-likeness (QED) is 0.229. The molecule has 1 heterocycles. The zero-order valence-corrected chi connectivity index (χ0v) is 27.5. The highest BCUT2D eigenvalue weighted by molar-refractivity contribution is 5.89. The number of piperidine rings is 1. The molecule has 6 rings (SSSR count). The zero-order chi connectivity index (χ0) is 29.5. The average molecular weight is 574 g/mol. The first-order valence-electron chi connectivity index (χ1n) is 17.9. The van der Waals surface area contributed by atoms with Gasteiger partial charge in [0, 0.05) is 12.5 Å². The first-order valence-corrected chi connectivity index (χ1v) is 17.9. The fourth-order valence-electron chi connectivity index (χ4n) is 11.1. The van der Waals surface area contributed by atoms with Crippen molar-refractivity contribution < 1.29 is 9.53 Å². The molecule has 1 saturated heterocycles. The van der Waals surface area contributed by atoms with Crippen LogP contribution in [0.25, 0.3) is 0 Å². The van der Waals surface area contributed by atoms with Gasteiger partial charge in [-0.15, -0.1) is 0 Å². The highest BCUT2D eigenvalue weighted by Crippen LogP contribution is 2.68. The Morgan fingerprint density at radius 3 is 2.43 bits per heavy atom. The largest absolute Gasteiger partial charge is 0.458 e. The van der Waals surface area contributed by atoms with Crippen molar-refractivity contribution in [2.75, 3.05) is 13.1 Å². The molecule has 3 heteroatoms. The SMILES string of the molecule is CC(C)CCCC(C)C1CCC2C3C(N4CCCCC4)C=C4CC(OC(=O)c5ccccc5)CCC4(C)C3CCC12C. The molecule has 4 aliphatic carbocycles. The summed E-state index contributed by atoms with van der Waals surface area (Å²) in [6.45, 7) is 15.2. The molecule has 1 aliphatic heterocycles. The van der Waals surface area contributed by atoms with Crippen LogP contribution in [0.4, 0.5) is 0 Å². The van der Waals surface area contributed by atoms with Gasteiger partial charge in [0.15, 0.2) is 0 Å². The van der Waals surface area contributed by atoms with E-state index in [9.17, 15) is 4.79 Å². The summed E-state index contributed by atoms with van der Waals surface area (Å²) in [4.78, 5) is 15.9. The number of hydrogen-bond acceptors (Lipinski definition) is 3. The lowest BCUT2D eigenvalue weighted by Gasteiger charge is -2.62. The molecule has 42 heavy (non-hydrogen) atoms. The van der Waals surface area contributed by atoms with Crippen molar-refractivity contribution in [3.63, 3.8) is 0 Å². The van der Waals surface area contributed by atoms with Crippen LogP contribution < -0.4 is 0 Å². The van der Waals surface area contributed by atoms with E-state index in [4.69, 9.17) is 4.74 Å². The van der Waals surface area contributed by atoms with Crippen molar-refractivity contribution in [3.05, 3.63) is 47.5 Å². The molecule has 3 saturated carbocycles. The van der Waals surface area contributed by atoms with Crippen molar-refractivity contribution in [1.82, 2.24) is 4.90 Å². The van der Waals surface area contributed by atoms with E-state index in [0.29, 0.717) is 17.0 Å². The topological polar surface area (TPSA) is 29.5 Å². The van der Waals surface area contributed by atoms with Crippen molar-refractivity contribution in [2.45, 2.75) is 130 Å². The molecule has 3 nitrogen and oxygen atoms in total. The lowest BCUT2D eigenvalue weighted by Crippen LogP contribution is -2.59. The Hall–Kier alpha value is -1.61. The molecule has 5 aliphatic rings. The number of rotatable bonds is 8. The molecular formula is C39H59NO2. The van der Waals surface area contributed by atoms with Gasteiger partial charge in [-0.2, -0.15) is 0 Å². The molecular weight excluding hydrogens is 514 g/mol. The lowest BCUT2D eigenvalue weighted by atomic mass is 9.45. The Bertz CT molecular complexity index is 1100. The van der Waals surface area contributed by atoms with Gasteiger partial charge in [-0.25, -0.2) is 4.79 Å². The van der Waals surface area contributed by atoms with Gasteiger partial charge in [0.2, 0.25) is 0 Å². The normalized spacial score (nSPS) is 39.1. The summed E-state index contributed by atoms with van der Waals surface area (Å²) < 4.78 is 6.17. The molecule has 0 aromatic heterocycles. The van der Waals surface area contributed by atoms with E-state index < -0.39 is 0 Å². The number of fused-ring (bicyclic) bond motifs is 5. The van der Waals surface area contributed by atoms with Crippen LogP contribution in [0.5, 0.6) is 0 Å². The van der Waals surface area contributed by atoms with E-state index in [2.05, 4.69) is 45.6 Å². The number of likely N-dealkylation sites (tertiary alicyclic amines) is 1. The van der Waals surface area contributed by atoms with Crippen molar-refractivity contribution >= 4 is 5.97 Å². The number of benzene rings is 1. The van der Waals surface area contributed by atoms with Gasteiger partial charge in [0.25, 0.3) is 0 Å². The third kappa shape index (κ3) is 5.66. The highest BCUT2D eigenvalue weighted by atomic mass is 16.5. The maximum atomic E-state index is 13.0. The van der Waals surface area contributed by atoms with Gasteiger partial charge in [0.1, 0.15) is 6.10 Å². The van der Waals surface area contributed by atoms with E-state index in [1.54, 1.807) is 5.57 Å². The molecule has 1 aromatic rings. The Morgan fingerprint density at radius 1 is 0.929 bits per heavy atom. The van der Waals surface area contributed by atoms with E-state index in [0.717, 1.165) is 54.8 Å². The second-order valence-corrected chi connectivity index (χ2v) is 16.2. The molecule has 9 atom stereocenters. The third-order valence-corrected chi connectivity index (χ3v) is 13.4. The predicted molar refractivity (Wildman–Crippen MR) is 173 cm³/mol. The van der Waals surface area contributed by atoms with E-state index in [-0.39, 0.29) is 17.5 Å². The minimum atomic E-state index is -0.154. The number of hydrogen-bond donors (Lipinski definition) is 0. The number of ether oxygens (including phenoxy) is 1. The van der Waals surface area contributed by atoms with E-state index in [1.165, 1.54) is 77.3 Å². The first-order chi connectivity index (χ1) is 20.2. The minimum Gasteiger partial charge on any atom is -0.458 e. The fourth-order valence-corrected chi connectivity index (χ4v) is 11.1. The molecule has 0 N–H and O–H groups in total. The molecule has 0 radical (unpaired) electrons. The van der Waals surface area contributed by atoms with Gasteiger partial charge in [0.05, 0.1) is 5.56 Å². The molecule has 232 valence electrons. The summed E-state index contributed by atoms with van der Waals surface area (Å²) in [5.41, 5.74) is 3.05. The summed E-state index contributed by atoms with van der Waals surface area (Å²) >= 11 is 0. The number of nitrogens with zero attached hydrogens (tertiary/aromatic N) is 1. The third-order valence-electron chi connectivity index (χ3n) is 13.4. The Balaban J connectivity index is 1.25. The molecule has 9 unspecified atom stereocenters. The van der Waals surface area contributed by atoms with Crippen LogP contribution in [0.2, 0.25) is 0 Å². The summed E-state index contributed by atoms with van der Waals surface area (Å²) in [6, 6.07) is 10.1. The predicted octanol–water partition coefficient (Wildman–Crippen LogP) is 9.72. The van der Waals surface area contributed by atoms with Gasteiger partial charge < -0.3 is 4.74 Å². The second kappa shape index (κ2) is 12.4.